The smallest absolute Gasteiger partial charge is 0.170 e. The van der Waals surface area contributed by atoms with E-state index in [0.717, 1.165) is 11.1 Å². The van der Waals surface area contributed by atoms with Crippen molar-refractivity contribution < 1.29 is 9.53 Å². The molecule has 0 spiro atoms. The molecule has 100 valence electrons. The van der Waals surface area contributed by atoms with Crippen molar-refractivity contribution in [1.29, 1.82) is 0 Å². The van der Waals surface area contributed by atoms with Crippen LogP contribution in [0.2, 0.25) is 0 Å². The number of ether oxygens (including phenoxy) is 1. The Labute approximate surface area is 113 Å². The van der Waals surface area contributed by atoms with E-state index in [4.69, 9.17) is 4.74 Å². The van der Waals surface area contributed by atoms with Crippen molar-refractivity contribution in [3.63, 3.8) is 0 Å². The van der Waals surface area contributed by atoms with Crippen molar-refractivity contribution in [1.82, 2.24) is 9.78 Å². The van der Waals surface area contributed by atoms with Gasteiger partial charge in [-0.05, 0) is 18.1 Å². The number of nitrogens with zero attached hydrogens (tertiary/aromatic N) is 2. The monoisotopic (exact) mass is 258 g/mol. The van der Waals surface area contributed by atoms with Crippen LogP contribution in [0.1, 0.15) is 24.2 Å². The molecule has 0 aliphatic heterocycles. The molecule has 4 nitrogen and oxygen atoms in total. The number of Topliss-reactive ketones (excluding diaryl/α,β-unsaturated/α-hetero) is 1. The van der Waals surface area contributed by atoms with Gasteiger partial charge in [-0.15, -0.1) is 0 Å². The molecule has 1 aromatic heterocycles. The lowest BCUT2D eigenvalue weighted by molar-refractivity contribution is -0.130. The average molecular weight is 258 g/mol. The van der Waals surface area contributed by atoms with Crippen molar-refractivity contribution >= 4 is 5.78 Å². The van der Waals surface area contributed by atoms with Gasteiger partial charge in [-0.3, -0.25) is 9.48 Å². The van der Waals surface area contributed by atoms with Crippen molar-refractivity contribution in [2.45, 2.75) is 19.4 Å². The van der Waals surface area contributed by atoms with Crippen LogP contribution in [-0.2, 0) is 23.0 Å². The Morgan fingerprint density at radius 3 is 2.68 bits per heavy atom. The third-order valence-corrected chi connectivity index (χ3v) is 2.86. The van der Waals surface area contributed by atoms with Crippen LogP contribution in [-0.4, -0.2) is 22.2 Å². The SMILES string of the molecule is CCOC(C(=O)Cc1cnn(C)c1)c1ccccc1. The van der Waals surface area contributed by atoms with Gasteiger partial charge in [0.15, 0.2) is 5.78 Å². The number of benzene rings is 1. The second-order valence-corrected chi connectivity index (χ2v) is 4.41. The third kappa shape index (κ3) is 3.51. The second-order valence-electron chi connectivity index (χ2n) is 4.41. The Balaban J connectivity index is 2.13. The summed E-state index contributed by atoms with van der Waals surface area (Å²) < 4.78 is 7.29. The van der Waals surface area contributed by atoms with Gasteiger partial charge in [0.05, 0.1) is 6.20 Å². The molecule has 1 aromatic carbocycles. The van der Waals surface area contributed by atoms with Crippen LogP contribution in [0.5, 0.6) is 0 Å². The molecule has 1 heterocycles. The second kappa shape index (κ2) is 6.29. The largest absolute Gasteiger partial charge is 0.366 e. The highest BCUT2D eigenvalue weighted by Crippen LogP contribution is 2.20. The normalized spacial score (nSPS) is 12.3. The zero-order valence-corrected chi connectivity index (χ0v) is 11.2. The van der Waals surface area contributed by atoms with Gasteiger partial charge < -0.3 is 4.74 Å². The van der Waals surface area contributed by atoms with Crippen LogP contribution in [0.15, 0.2) is 42.7 Å². The predicted octanol–water partition coefficient (Wildman–Crippen LogP) is 2.31. The molecule has 2 rings (SSSR count). The summed E-state index contributed by atoms with van der Waals surface area (Å²) in [5.41, 5.74) is 1.81. The molecular formula is C15H18N2O2. The first-order chi connectivity index (χ1) is 9.20. The summed E-state index contributed by atoms with van der Waals surface area (Å²) in [4.78, 5) is 12.4. The number of aryl methyl sites for hydroxylation is 1. The topological polar surface area (TPSA) is 44.1 Å². The Morgan fingerprint density at radius 2 is 2.11 bits per heavy atom. The first-order valence-corrected chi connectivity index (χ1v) is 6.37. The van der Waals surface area contributed by atoms with E-state index in [9.17, 15) is 4.79 Å². The molecule has 2 aromatic rings. The summed E-state index contributed by atoms with van der Waals surface area (Å²) in [5, 5.41) is 4.07. The van der Waals surface area contributed by atoms with E-state index in [0.29, 0.717) is 13.0 Å². The summed E-state index contributed by atoms with van der Waals surface area (Å²) in [7, 11) is 1.84. The van der Waals surface area contributed by atoms with Crippen LogP contribution in [0.3, 0.4) is 0 Å². The van der Waals surface area contributed by atoms with Crippen molar-refractivity contribution in [2.75, 3.05) is 6.61 Å². The number of aromatic nitrogens is 2. The lowest BCUT2D eigenvalue weighted by Gasteiger charge is -2.15. The number of carbonyl (C=O) groups is 1. The van der Waals surface area contributed by atoms with Crippen LogP contribution in [0, 0.1) is 0 Å². The quantitative estimate of drug-likeness (QED) is 0.798. The highest BCUT2D eigenvalue weighted by atomic mass is 16.5. The maximum Gasteiger partial charge on any atom is 0.170 e. The first kappa shape index (κ1) is 13.5. The highest BCUT2D eigenvalue weighted by molar-refractivity contribution is 5.86. The fourth-order valence-electron chi connectivity index (χ4n) is 2.03. The van der Waals surface area contributed by atoms with Gasteiger partial charge in [0.25, 0.3) is 0 Å². The van der Waals surface area contributed by atoms with Gasteiger partial charge in [-0.1, -0.05) is 30.3 Å². The molecule has 0 aliphatic carbocycles. The highest BCUT2D eigenvalue weighted by Gasteiger charge is 2.21. The molecule has 19 heavy (non-hydrogen) atoms. The Bertz CT molecular complexity index is 534. The van der Waals surface area contributed by atoms with Crippen molar-refractivity contribution in [3.8, 4) is 0 Å². The van der Waals surface area contributed by atoms with E-state index in [1.165, 1.54) is 0 Å². The molecular weight excluding hydrogens is 240 g/mol. The lowest BCUT2D eigenvalue weighted by Crippen LogP contribution is -2.18. The molecule has 0 fully saturated rings. The van der Waals surface area contributed by atoms with E-state index >= 15 is 0 Å². The summed E-state index contributed by atoms with van der Waals surface area (Å²) in [6.45, 7) is 2.41. The van der Waals surface area contributed by atoms with E-state index in [1.54, 1.807) is 10.9 Å². The van der Waals surface area contributed by atoms with Gasteiger partial charge in [-0.25, -0.2) is 0 Å². The molecule has 0 radical (unpaired) electrons. The molecule has 0 bridgehead atoms. The number of ketones is 1. The van der Waals surface area contributed by atoms with Gasteiger partial charge >= 0.3 is 0 Å². The van der Waals surface area contributed by atoms with Crippen LogP contribution in [0.4, 0.5) is 0 Å². The summed E-state index contributed by atoms with van der Waals surface area (Å²) in [6, 6.07) is 9.60. The minimum atomic E-state index is -0.494. The zero-order valence-electron chi connectivity index (χ0n) is 11.2. The standard InChI is InChI=1S/C15H18N2O2/c1-3-19-15(13-7-5-4-6-8-13)14(18)9-12-10-16-17(2)11-12/h4-8,10-11,15H,3,9H2,1-2H3. The van der Waals surface area contributed by atoms with E-state index in [2.05, 4.69) is 5.10 Å². The number of hydrogen-bond acceptors (Lipinski definition) is 3. The van der Waals surface area contributed by atoms with Crippen LogP contribution < -0.4 is 0 Å². The van der Waals surface area contributed by atoms with Gasteiger partial charge in [0, 0.05) is 26.3 Å². The minimum absolute atomic E-state index is 0.0565. The van der Waals surface area contributed by atoms with Crippen molar-refractivity contribution in [3.05, 3.63) is 53.9 Å². The third-order valence-electron chi connectivity index (χ3n) is 2.86. The average Bonchev–Trinajstić information content (AvgIpc) is 2.82. The predicted molar refractivity (Wildman–Crippen MR) is 72.7 cm³/mol. The van der Waals surface area contributed by atoms with Crippen molar-refractivity contribution in [2.24, 2.45) is 7.05 Å². The fraction of sp³-hybridized carbons (Fsp3) is 0.333. The van der Waals surface area contributed by atoms with Gasteiger partial charge in [0.1, 0.15) is 6.10 Å². The van der Waals surface area contributed by atoms with Crippen LogP contribution >= 0.6 is 0 Å². The Kier molecular flexibility index (Phi) is 4.47. The summed E-state index contributed by atoms with van der Waals surface area (Å²) >= 11 is 0. The molecule has 0 N–H and O–H groups in total. The lowest BCUT2D eigenvalue weighted by atomic mass is 10.0. The van der Waals surface area contributed by atoms with E-state index in [-0.39, 0.29) is 5.78 Å². The summed E-state index contributed by atoms with van der Waals surface area (Å²) in [5.74, 6) is 0.0565. The molecule has 1 unspecified atom stereocenters. The molecule has 1 atom stereocenters. The zero-order chi connectivity index (χ0) is 13.7. The van der Waals surface area contributed by atoms with Crippen LogP contribution in [0.25, 0.3) is 0 Å². The maximum atomic E-state index is 12.4. The molecule has 0 saturated carbocycles. The number of hydrogen-bond donors (Lipinski definition) is 0. The van der Waals surface area contributed by atoms with E-state index in [1.807, 2.05) is 50.5 Å². The number of carbonyl (C=O) groups excluding carboxylic acids is 1. The summed E-state index contributed by atoms with van der Waals surface area (Å²) in [6.07, 6.45) is 3.41. The Morgan fingerprint density at radius 1 is 1.37 bits per heavy atom. The molecule has 4 heteroatoms. The molecule has 0 amide bonds. The Hall–Kier alpha value is -1.94. The minimum Gasteiger partial charge on any atom is -0.366 e. The van der Waals surface area contributed by atoms with Gasteiger partial charge in [-0.2, -0.15) is 5.10 Å². The first-order valence-electron chi connectivity index (χ1n) is 6.37. The maximum absolute atomic E-state index is 12.4. The van der Waals surface area contributed by atoms with Gasteiger partial charge in [0.2, 0.25) is 0 Å². The molecule has 0 aliphatic rings. The fourth-order valence-corrected chi connectivity index (χ4v) is 2.03. The number of rotatable bonds is 6. The van der Waals surface area contributed by atoms with E-state index < -0.39 is 6.10 Å². The molecule has 0 saturated heterocycles.